The number of aromatic nitrogens is 1. The Morgan fingerprint density at radius 2 is 2.46 bits per heavy atom. The lowest BCUT2D eigenvalue weighted by molar-refractivity contribution is -0.138. The van der Waals surface area contributed by atoms with Gasteiger partial charge in [-0.1, -0.05) is 0 Å². The monoisotopic (exact) mass is 349 g/mol. The van der Waals surface area contributed by atoms with Crippen LogP contribution in [-0.2, 0) is 9.53 Å². The van der Waals surface area contributed by atoms with Gasteiger partial charge < -0.3 is 20.9 Å². The average Bonchev–Trinajstić information content (AvgIpc) is 3.25. The molecule has 2 aliphatic rings. The third kappa shape index (κ3) is 2.85. The van der Waals surface area contributed by atoms with Gasteiger partial charge in [-0.05, 0) is 6.92 Å². The van der Waals surface area contributed by atoms with Crippen LogP contribution in [0.3, 0.4) is 0 Å². The summed E-state index contributed by atoms with van der Waals surface area (Å²) >= 11 is 1.50. The molecule has 1 fully saturated rings. The molecule has 0 spiro atoms. The molecule has 0 aromatic carbocycles. The molecule has 5 N–H and O–H groups in total. The van der Waals surface area contributed by atoms with Crippen LogP contribution in [0.25, 0.3) is 0 Å². The van der Waals surface area contributed by atoms with Crippen LogP contribution in [0, 0.1) is 5.92 Å². The Labute approximate surface area is 143 Å². The quantitative estimate of drug-likeness (QED) is 0.225. The first-order chi connectivity index (χ1) is 11.7. The second-order valence-corrected chi connectivity index (χ2v) is 6.19. The zero-order chi connectivity index (χ0) is 17.1. The maximum absolute atomic E-state index is 12.3. The molecule has 1 saturated heterocycles. The number of allylic oxidation sites excluding steroid dienone is 1. The standard InChI is InChI=1S/C14H19N7O2S/c1-2-23-14(22)9-6-18-12(13-17-3-4-24-13)21-7-8(5-10(9)21)11(19-15)20-16/h3-4,8H,2,5-7,15-16H2,1H3,(H,19,20). The molecule has 3 heterocycles. The summed E-state index contributed by atoms with van der Waals surface area (Å²) in [7, 11) is 0. The van der Waals surface area contributed by atoms with Crippen molar-refractivity contribution in [1.29, 1.82) is 0 Å². The summed E-state index contributed by atoms with van der Waals surface area (Å²) in [4.78, 5) is 23.1. The summed E-state index contributed by atoms with van der Waals surface area (Å²) < 4.78 is 5.16. The normalized spacial score (nSPS) is 20.8. The third-order valence-corrected chi connectivity index (χ3v) is 4.75. The van der Waals surface area contributed by atoms with Crippen LogP contribution in [0.2, 0.25) is 0 Å². The zero-order valence-electron chi connectivity index (χ0n) is 13.2. The number of nitrogens with two attached hydrogens (primary N) is 2. The van der Waals surface area contributed by atoms with Gasteiger partial charge >= 0.3 is 5.97 Å². The number of nitrogens with zero attached hydrogens (tertiary/aromatic N) is 4. The molecule has 2 aliphatic heterocycles. The van der Waals surface area contributed by atoms with E-state index in [-0.39, 0.29) is 18.4 Å². The van der Waals surface area contributed by atoms with Crippen molar-refractivity contribution in [2.75, 3.05) is 19.7 Å². The van der Waals surface area contributed by atoms with Gasteiger partial charge in [-0.2, -0.15) is 5.10 Å². The molecule has 0 amide bonds. The largest absolute Gasteiger partial charge is 0.463 e. The predicted molar refractivity (Wildman–Crippen MR) is 90.9 cm³/mol. The SMILES string of the molecule is CCOC(=O)C1=C2CC(/C(=N/N)NN)CN2C(c2nccs2)=NC1. The van der Waals surface area contributed by atoms with Crippen molar-refractivity contribution in [2.24, 2.45) is 27.7 Å². The number of carbonyl (C=O) groups excluding carboxylic acids is 1. The number of aliphatic imine (C=N–C) groups is 1. The number of amidine groups is 2. The van der Waals surface area contributed by atoms with Crippen molar-refractivity contribution in [1.82, 2.24) is 15.3 Å². The lowest BCUT2D eigenvalue weighted by Crippen LogP contribution is -2.39. The maximum Gasteiger partial charge on any atom is 0.337 e. The minimum absolute atomic E-state index is 0.0531. The summed E-state index contributed by atoms with van der Waals surface area (Å²) in [6.07, 6.45) is 2.31. The number of thiazole rings is 1. The smallest absolute Gasteiger partial charge is 0.337 e. The van der Waals surface area contributed by atoms with Crippen molar-refractivity contribution in [3.05, 3.63) is 27.9 Å². The lowest BCUT2D eigenvalue weighted by atomic mass is 10.0. The van der Waals surface area contributed by atoms with E-state index >= 15 is 0 Å². The van der Waals surface area contributed by atoms with Gasteiger partial charge in [-0.3, -0.25) is 4.99 Å². The molecule has 1 aromatic heterocycles. The molecular formula is C14H19N7O2S. The number of esters is 1. The first-order valence-electron chi connectivity index (χ1n) is 7.55. The van der Waals surface area contributed by atoms with Gasteiger partial charge in [0.2, 0.25) is 0 Å². The molecule has 0 aliphatic carbocycles. The van der Waals surface area contributed by atoms with Crippen molar-refractivity contribution in [2.45, 2.75) is 13.3 Å². The van der Waals surface area contributed by atoms with Crippen LogP contribution in [0.4, 0.5) is 0 Å². The number of carbonyl (C=O) groups is 1. The summed E-state index contributed by atoms with van der Waals surface area (Å²) in [5.74, 6) is 11.7. The summed E-state index contributed by atoms with van der Waals surface area (Å²) in [6, 6.07) is 0. The minimum Gasteiger partial charge on any atom is -0.463 e. The fourth-order valence-electron chi connectivity index (χ4n) is 2.93. The Kier molecular flexibility index (Phi) is 4.76. The van der Waals surface area contributed by atoms with Crippen LogP contribution in [0.1, 0.15) is 18.4 Å². The number of fused-ring (bicyclic) bond motifs is 1. The molecule has 128 valence electrons. The van der Waals surface area contributed by atoms with Crippen LogP contribution in [0.5, 0.6) is 0 Å². The van der Waals surface area contributed by atoms with E-state index in [2.05, 4.69) is 20.5 Å². The average molecular weight is 349 g/mol. The highest BCUT2D eigenvalue weighted by Crippen LogP contribution is 2.34. The van der Waals surface area contributed by atoms with Gasteiger partial charge in [-0.15, -0.1) is 11.3 Å². The Balaban J connectivity index is 1.97. The highest BCUT2D eigenvalue weighted by atomic mass is 32.1. The number of nitrogens with one attached hydrogen (secondary N) is 1. The highest BCUT2D eigenvalue weighted by Gasteiger charge is 2.39. The molecule has 10 heteroatoms. The number of hydrazine groups is 1. The van der Waals surface area contributed by atoms with E-state index in [0.717, 1.165) is 16.5 Å². The van der Waals surface area contributed by atoms with E-state index in [1.165, 1.54) is 11.3 Å². The molecule has 3 rings (SSSR count). The van der Waals surface area contributed by atoms with Crippen molar-refractivity contribution >= 4 is 29.0 Å². The topological polar surface area (TPSA) is 131 Å². The Bertz CT molecular complexity index is 711. The fourth-order valence-corrected chi connectivity index (χ4v) is 3.58. The van der Waals surface area contributed by atoms with E-state index in [4.69, 9.17) is 16.4 Å². The summed E-state index contributed by atoms with van der Waals surface area (Å²) in [5.41, 5.74) is 3.96. The van der Waals surface area contributed by atoms with Gasteiger partial charge in [-0.25, -0.2) is 15.6 Å². The Morgan fingerprint density at radius 1 is 1.62 bits per heavy atom. The number of hydrogen-bond acceptors (Lipinski definition) is 9. The second-order valence-electron chi connectivity index (χ2n) is 5.29. The fraction of sp³-hybridized carbons (Fsp3) is 0.429. The van der Waals surface area contributed by atoms with Crippen LogP contribution >= 0.6 is 11.3 Å². The van der Waals surface area contributed by atoms with Gasteiger partial charge in [0.25, 0.3) is 0 Å². The van der Waals surface area contributed by atoms with Crippen molar-refractivity contribution < 1.29 is 9.53 Å². The molecule has 0 radical (unpaired) electrons. The van der Waals surface area contributed by atoms with E-state index in [9.17, 15) is 4.79 Å². The number of hydrazone groups is 1. The Hall–Kier alpha value is -2.46. The first kappa shape index (κ1) is 16.4. The van der Waals surface area contributed by atoms with Gasteiger partial charge in [0.05, 0.1) is 18.7 Å². The molecule has 0 bridgehead atoms. The van der Waals surface area contributed by atoms with Crippen LogP contribution in [0.15, 0.2) is 32.9 Å². The number of rotatable bonds is 4. The molecule has 0 saturated carbocycles. The van der Waals surface area contributed by atoms with Crippen LogP contribution < -0.4 is 17.1 Å². The molecule has 1 unspecified atom stereocenters. The molecule has 1 aromatic rings. The van der Waals surface area contributed by atoms with Gasteiger partial charge in [0.15, 0.2) is 10.8 Å². The molecule has 24 heavy (non-hydrogen) atoms. The van der Waals surface area contributed by atoms with E-state index in [1.807, 2.05) is 10.3 Å². The molecule has 9 nitrogen and oxygen atoms in total. The first-order valence-corrected chi connectivity index (χ1v) is 8.42. The lowest BCUT2D eigenvalue weighted by Gasteiger charge is -2.26. The second kappa shape index (κ2) is 6.97. The van der Waals surface area contributed by atoms with Gasteiger partial charge in [0.1, 0.15) is 5.84 Å². The van der Waals surface area contributed by atoms with E-state index in [1.54, 1.807) is 13.1 Å². The predicted octanol–water partition coefficient (Wildman–Crippen LogP) is -0.222. The van der Waals surface area contributed by atoms with Crippen molar-refractivity contribution in [3.8, 4) is 0 Å². The van der Waals surface area contributed by atoms with Crippen molar-refractivity contribution in [3.63, 3.8) is 0 Å². The van der Waals surface area contributed by atoms with Crippen LogP contribution in [-0.4, -0.2) is 47.2 Å². The van der Waals surface area contributed by atoms with E-state index < -0.39 is 0 Å². The molecule has 1 atom stereocenters. The number of ether oxygens (including phenoxy) is 1. The van der Waals surface area contributed by atoms with Gasteiger partial charge in [0, 0.05) is 36.2 Å². The third-order valence-electron chi connectivity index (χ3n) is 3.98. The minimum atomic E-state index is -0.341. The number of hydrogen-bond donors (Lipinski definition) is 3. The van der Waals surface area contributed by atoms with E-state index in [0.29, 0.717) is 31.0 Å². The summed E-state index contributed by atoms with van der Waals surface area (Å²) in [5, 5.41) is 6.40. The maximum atomic E-state index is 12.3. The molecular weight excluding hydrogens is 330 g/mol. The Morgan fingerprint density at radius 3 is 3.08 bits per heavy atom. The highest BCUT2D eigenvalue weighted by molar-refractivity contribution is 7.11. The zero-order valence-corrected chi connectivity index (χ0v) is 14.0. The summed E-state index contributed by atoms with van der Waals surface area (Å²) in [6.45, 7) is 2.94.